The lowest BCUT2D eigenvalue weighted by atomic mass is 10.0. The summed E-state index contributed by atoms with van der Waals surface area (Å²) in [5, 5.41) is 10.8. The number of halogens is 3. The van der Waals surface area contributed by atoms with Crippen LogP contribution in [0, 0.1) is 0 Å². The van der Waals surface area contributed by atoms with Crippen LogP contribution >= 0.6 is 11.3 Å². The van der Waals surface area contributed by atoms with Crippen LogP contribution in [0.4, 0.5) is 13.2 Å². The molecule has 18 heavy (non-hydrogen) atoms. The summed E-state index contributed by atoms with van der Waals surface area (Å²) in [6, 6.07) is 7.13. The molecule has 1 aromatic carbocycles. The summed E-state index contributed by atoms with van der Waals surface area (Å²) in [5.41, 5.74) is 0.910. The zero-order valence-corrected chi connectivity index (χ0v) is 10.2. The molecule has 2 aromatic rings. The summed E-state index contributed by atoms with van der Waals surface area (Å²) < 4.78 is 37.6. The molecular formula is C13H11F3OS. The molecular weight excluding hydrogens is 261 g/mol. The Kier molecular flexibility index (Phi) is 3.73. The molecule has 1 N–H and O–H groups in total. The monoisotopic (exact) mass is 272 g/mol. The molecule has 0 aliphatic carbocycles. The molecule has 0 fully saturated rings. The molecule has 1 heterocycles. The minimum atomic E-state index is -4.30. The van der Waals surface area contributed by atoms with Crippen LogP contribution in [-0.2, 0) is 19.2 Å². The molecule has 0 aliphatic heterocycles. The molecule has 0 aliphatic rings. The smallest absolute Gasteiger partial charge is 0.391 e. The summed E-state index contributed by atoms with van der Waals surface area (Å²) in [7, 11) is 0. The van der Waals surface area contributed by atoms with Crippen molar-refractivity contribution in [3.63, 3.8) is 0 Å². The maximum atomic E-state index is 12.5. The number of thiophene rings is 1. The minimum Gasteiger partial charge on any atom is -0.391 e. The number of aliphatic hydroxyl groups excluding tert-OH is 1. The third-order valence-electron chi connectivity index (χ3n) is 2.53. The molecule has 1 aromatic heterocycles. The third kappa shape index (κ3) is 3.11. The van der Waals surface area contributed by atoms with Gasteiger partial charge in [-0.3, -0.25) is 0 Å². The highest BCUT2D eigenvalue weighted by atomic mass is 32.1. The van der Waals surface area contributed by atoms with Crippen molar-refractivity contribution >= 4 is 11.3 Å². The Morgan fingerprint density at radius 1 is 1.11 bits per heavy atom. The van der Waals surface area contributed by atoms with E-state index in [4.69, 9.17) is 5.11 Å². The molecule has 0 spiro atoms. The van der Waals surface area contributed by atoms with E-state index in [1.54, 1.807) is 6.07 Å². The van der Waals surface area contributed by atoms with Gasteiger partial charge in [-0.1, -0.05) is 18.2 Å². The molecule has 0 saturated heterocycles. The van der Waals surface area contributed by atoms with Gasteiger partial charge in [0, 0.05) is 4.88 Å². The summed E-state index contributed by atoms with van der Waals surface area (Å²) in [6.07, 6.45) is -3.86. The number of alkyl halides is 3. The van der Waals surface area contributed by atoms with Gasteiger partial charge in [-0.15, -0.1) is 11.3 Å². The van der Waals surface area contributed by atoms with E-state index >= 15 is 0 Å². The first-order valence-electron chi connectivity index (χ1n) is 5.32. The van der Waals surface area contributed by atoms with Gasteiger partial charge >= 0.3 is 6.18 Å². The highest BCUT2D eigenvalue weighted by Crippen LogP contribution is 2.30. The Balaban J connectivity index is 2.19. The number of aliphatic hydroxyl groups is 1. The van der Waals surface area contributed by atoms with Crippen molar-refractivity contribution < 1.29 is 18.3 Å². The van der Waals surface area contributed by atoms with Crippen molar-refractivity contribution in [1.29, 1.82) is 0 Å². The Labute approximate surface area is 107 Å². The second-order valence-corrected chi connectivity index (χ2v) is 4.95. The largest absolute Gasteiger partial charge is 0.416 e. The van der Waals surface area contributed by atoms with Crippen LogP contribution in [0.25, 0.3) is 0 Å². The van der Waals surface area contributed by atoms with E-state index in [1.807, 2.05) is 11.4 Å². The molecule has 0 amide bonds. The maximum absolute atomic E-state index is 12.5. The van der Waals surface area contributed by atoms with Crippen molar-refractivity contribution in [2.75, 3.05) is 0 Å². The molecule has 0 bridgehead atoms. The van der Waals surface area contributed by atoms with Crippen molar-refractivity contribution in [3.8, 4) is 0 Å². The SMILES string of the molecule is OCc1cc(Cc2cccc(C(F)(F)F)c2)cs1. The fourth-order valence-corrected chi connectivity index (χ4v) is 2.44. The molecule has 0 atom stereocenters. The van der Waals surface area contributed by atoms with Gasteiger partial charge in [-0.25, -0.2) is 0 Å². The predicted molar refractivity (Wildman–Crippen MR) is 64.5 cm³/mol. The lowest BCUT2D eigenvalue weighted by Gasteiger charge is -2.08. The minimum absolute atomic E-state index is 0.0345. The van der Waals surface area contributed by atoms with E-state index in [0.29, 0.717) is 12.0 Å². The summed E-state index contributed by atoms with van der Waals surface area (Å²) in [6.45, 7) is -0.0345. The lowest BCUT2D eigenvalue weighted by molar-refractivity contribution is -0.137. The summed E-state index contributed by atoms with van der Waals surface area (Å²) in [5.74, 6) is 0. The zero-order chi connectivity index (χ0) is 13.2. The van der Waals surface area contributed by atoms with Crippen LogP contribution in [0.1, 0.15) is 21.6 Å². The lowest BCUT2D eigenvalue weighted by Crippen LogP contribution is -2.05. The van der Waals surface area contributed by atoms with Crippen LogP contribution in [0.15, 0.2) is 35.7 Å². The van der Waals surface area contributed by atoms with E-state index in [9.17, 15) is 13.2 Å². The Bertz CT molecular complexity index is 531. The van der Waals surface area contributed by atoms with E-state index in [-0.39, 0.29) is 6.61 Å². The second-order valence-electron chi connectivity index (χ2n) is 3.95. The van der Waals surface area contributed by atoms with Crippen LogP contribution in [0.5, 0.6) is 0 Å². The predicted octanol–water partition coefficient (Wildman–Crippen LogP) is 3.85. The van der Waals surface area contributed by atoms with Gasteiger partial charge in [-0.05, 0) is 35.1 Å². The van der Waals surface area contributed by atoms with Gasteiger partial charge < -0.3 is 5.11 Å². The van der Waals surface area contributed by atoms with Crippen LogP contribution in [0.2, 0.25) is 0 Å². The highest BCUT2D eigenvalue weighted by molar-refractivity contribution is 7.10. The number of hydrogen-bond acceptors (Lipinski definition) is 2. The average molecular weight is 272 g/mol. The first-order valence-corrected chi connectivity index (χ1v) is 6.20. The number of benzene rings is 1. The topological polar surface area (TPSA) is 20.2 Å². The van der Waals surface area contributed by atoms with E-state index in [0.717, 1.165) is 22.6 Å². The van der Waals surface area contributed by atoms with Gasteiger partial charge in [0.25, 0.3) is 0 Å². The Morgan fingerprint density at radius 2 is 1.89 bits per heavy atom. The zero-order valence-electron chi connectivity index (χ0n) is 9.37. The fourth-order valence-electron chi connectivity index (χ4n) is 1.70. The van der Waals surface area contributed by atoms with Gasteiger partial charge in [0.05, 0.1) is 12.2 Å². The first-order chi connectivity index (χ1) is 8.49. The van der Waals surface area contributed by atoms with E-state index in [1.165, 1.54) is 17.4 Å². The molecule has 0 unspecified atom stereocenters. The van der Waals surface area contributed by atoms with Gasteiger partial charge in [0.15, 0.2) is 0 Å². The quantitative estimate of drug-likeness (QED) is 0.899. The van der Waals surface area contributed by atoms with E-state index < -0.39 is 11.7 Å². The first kappa shape index (κ1) is 13.1. The summed E-state index contributed by atoms with van der Waals surface area (Å²) in [4.78, 5) is 0.817. The molecule has 0 saturated carbocycles. The van der Waals surface area contributed by atoms with Gasteiger partial charge in [-0.2, -0.15) is 13.2 Å². The number of rotatable bonds is 3. The molecule has 0 radical (unpaired) electrons. The molecule has 96 valence electrons. The third-order valence-corrected chi connectivity index (χ3v) is 3.50. The average Bonchev–Trinajstić information content (AvgIpc) is 2.76. The van der Waals surface area contributed by atoms with Gasteiger partial charge in [0.2, 0.25) is 0 Å². The molecule has 5 heteroatoms. The normalized spacial score (nSPS) is 11.8. The van der Waals surface area contributed by atoms with Crippen LogP contribution in [-0.4, -0.2) is 5.11 Å². The van der Waals surface area contributed by atoms with Crippen LogP contribution < -0.4 is 0 Å². The second kappa shape index (κ2) is 5.12. The highest BCUT2D eigenvalue weighted by Gasteiger charge is 2.30. The van der Waals surface area contributed by atoms with Gasteiger partial charge in [0.1, 0.15) is 0 Å². The molecule has 2 rings (SSSR count). The van der Waals surface area contributed by atoms with Crippen LogP contribution in [0.3, 0.4) is 0 Å². The fraction of sp³-hybridized carbons (Fsp3) is 0.231. The standard InChI is InChI=1S/C13H11F3OS/c14-13(15,16)11-3-1-2-9(5-11)4-10-6-12(7-17)18-8-10/h1-3,5-6,8,17H,4,7H2. The Morgan fingerprint density at radius 3 is 2.50 bits per heavy atom. The number of hydrogen-bond donors (Lipinski definition) is 1. The summed E-state index contributed by atoms with van der Waals surface area (Å²) >= 11 is 1.41. The van der Waals surface area contributed by atoms with Crippen molar-refractivity contribution in [2.24, 2.45) is 0 Å². The Hall–Kier alpha value is -1.33. The molecule has 1 nitrogen and oxygen atoms in total. The van der Waals surface area contributed by atoms with E-state index in [2.05, 4.69) is 0 Å². The van der Waals surface area contributed by atoms with Crippen molar-refractivity contribution in [3.05, 3.63) is 57.3 Å². The maximum Gasteiger partial charge on any atom is 0.416 e. The van der Waals surface area contributed by atoms with Crippen molar-refractivity contribution in [2.45, 2.75) is 19.2 Å². The van der Waals surface area contributed by atoms with Crippen molar-refractivity contribution in [1.82, 2.24) is 0 Å².